The third kappa shape index (κ3) is 4.13. The molecule has 0 bridgehead atoms. The van der Waals surface area contributed by atoms with E-state index in [1.54, 1.807) is 0 Å². The lowest BCUT2D eigenvalue weighted by molar-refractivity contribution is 0.271. The Bertz CT molecular complexity index is 607. The van der Waals surface area contributed by atoms with E-state index in [-0.39, 0.29) is 5.84 Å². The van der Waals surface area contributed by atoms with Crippen molar-refractivity contribution in [2.45, 2.75) is 26.9 Å². The van der Waals surface area contributed by atoms with Crippen LogP contribution in [0.5, 0.6) is 0 Å². The number of rotatable bonds is 6. The molecule has 0 radical (unpaired) electrons. The van der Waals surface area contributed by atoms with Gasteiger partial charge >= 0.3 is 0 Å². The van der Waals surface area contributed by atoms with Crippen LogP contribution in [0.15, 0.2) is 42.7 Å². The largest absolute Gasteiger partial charge is 0.384 e. The molecule has 110 valence electrons. The minimum Gasteiger partial charge on any atom is -0.384 e. The first-order valence-corrected chi connectivity index (χ1v) is 7.15. The van der Waals surface area contributed by atoms with Gasteiger partial charge in [-0.25, -0.2) is 0 Å². The number of hydrogen-bond acceptors (Lipinski definition) is 3. The minimum atomic E-state index is 0.119. The van der Waals surface area contributed by atoms with Crippen molar-refractivity contribution >= 4 is 5.84 Å². The van der Waals surface area contributed by atoms with Crippen LogP contribution in [0.1, 0.15) is 29.2 Å². The second-order valence-electron chi connectivity index (χ2n) is 5.21. The van der Waals surface area contributed by atoms with Gasteiger partial charge in [0.25, 0.3) is 0 Å². The normalized spacial score (nSPS) is 10.8. The first-order valence-electron chi connectivity index (χ1n) is 7.15. The first-order chi connectivity index (χ1) is 10.1. The summed E-state index contributed by atoms with van der Waals surface area (Å²) < 4.78 is 0. The molecular weight excluding hydrogens is 260 g/mol. The van der Waals surface area contributed by atoms with Gasteiger partial charge < -0.3 is 5.73 Å². The molecule has 1 aromatic heterocycles. The van der Waals surface area contributed by atoms with E-state index < -0.39 is 0 Å². The topological polar surface area (TPSA) is 66.0 Å². The van der Waals surface area contributed by atoms with Crippen molar-refractivity contribution in [2.75, 3.05) is 6.54 Å². The molecule has 0 aliphatic rings. The predicted molar refractivity (Wildman–Crippen MR) is 86.2 cm³/mol. The molecule has 0 atom stereocenters. The van der Waals surface area contributed by atoms with E-state index in [1.165, 1.54) is 16.7 Å². The zero-order valence-corrected chi connectivity index (χ0v) is 12.6. The molecule has 1 aromatic carbocycles. The second kappa shape index (κ2) is 6.99. The van der Waals surface area contributed by atoms with Gasteiger partial charge in [-0.1, -0.05) is 19.1 Å². The molecule has 4 nitrogen and oxygen atoms in total. The van der Waals surface area contributed by atoms with Crippen molar-refractivity contribution < 1.29 is 0 Å². The zero-order valence-electron chi connectivity index (χ0n) is 12.6. The summed E-state index contributed by atoms with van der Waals surface area (Å²) in [5.74, 6) is 0.119. The smallest absolute Gasteiger partial charge is 0.122 e. The van der Waals surface area contributed by atoms with Gasteiger partial charge in [0, 0.05) is 31.0 Å². The fourth-order valence-electron chi connectivity index (χ4n) is 2.31. The minimum absolute atomic E-state index is 0.119. The lowest BCUT2D eigenvalue weighted by atomic mass is 10.0. The summed E-state index contributed by atoms with van der Waals surface area (Å²) in [6, 6.07) is 10.1. The number of aryl methyl sites for hydroxylation is 1. The molecule has 2 rings (SSSR count). The number of aromatic nitrogens is 1. The maximum atomic E-state index is 7.49. The second-order valence-corrected chi connectivity index (χ2v) is 5.21. The predicted octanol–water partition coefficient (Wildman–Crippen LogP) is 2.70. The highest BCUT2D eigenvalue weighted by Gasteiger charge is 2.08. The van der Waals surface area contributed by atoms with Gasteiger partial charge in [-0.2, -0.15) is 0 Å². The standard InChI is InChI=1S/C17H22N4/c1-3-21(11-14-6-8-20-9-7-14)12-16-5-4-15(17(18)19)10-13(16)2/h4-10H,3,11-12H2,1-2H3,(H3,18,19). The van der Waals surface area contributed by atoms with Crippen molar-refractivity contribution in [3.8, 4) is 0 Å². The number of pyridine rings is 1. The third-order valence-electron chi connectivity index (χ3n) is 3.65. The summed E-state index contributed by atoms with van der Waals surface area (Å²) in [5, 5.41) is 7.49. The molecule has 3 N–H and O–H groups in total. The lowest BCUT2D eigenvalue weighted by Crippen LogP contribution is -2.23. The Hall–Kier alpha value is -2.20. The monoisotopic (exact) mass is 282 g/mol. The van der Waals surface area contributed by atoms with Crippen LogP contribution < -0.4 is 5.73 Å². The maximum Gasteiger partial charge on any atom is 0.122 e. The zero-order chi connectivity index (χ0) is 15.2. The molecule has 1 heterocycles. The number of nitrogens with zero attached hydrogens (tertiary/aromatic N) is 2. The molecule has 0 saturated carbocycles. The summed E-state index contributed by atoms with van der Waals surface area (Å²) in [4.78, 5) is 6.43. The van der Waals surface area contributed by atoms with E-state index in [0.29, 0.717) is 0 Å². The number of nitrogens with one attached hydrogen (secondary N) is 1. The Kier molecular flexibility index (Phi) is 5.06. The summed E-state index contributed by atoms with van der Waals surface area (Å²) in [6.07, 6.45) is 3.66. The van der Waals surface area contributed by atoms with Crippen LogP contribution in [-0.2, 0) is 13.1 Å². The Labute approximate surface area is 126 Å². The molecule has 4 heteroatoms. The van der Waals surface area contributed by atoms with Crippen molar-refractivity contribution in [1.29, 1.82) is 5.41 Å². The van der Waals surface area contributed by atoms with E-state index in [4.69, 9.17) is 11.1 Å². The molecule has 0 aliphatic heterocycles. The maximum absolute atomic E-state index is 7.49. The summed E-state index contributed by atoms with van der Waals surface area (Å²) in [7, 11) is 0. The van der Waals surface area contributed by atoms with Gasteiger partial charge in [-0.05, 0) is 48.4 Å². The number of nitrogens with two attached hydrogens (primary N) is 1. The van der Waals surface area contributed by atoms with Crippen LogP contribution in [0, 0.1) is 12.3 Å². The molecular formula is C17H22N4. The van der Waals surface area contributed by atoms with Gasteiger partial charge in [-0.3, -0.25) is 15.3 Å². The van der Waals surface area contributed by atoms with Crippen LogP contribution in [0.4, 0.5) is 0 Å². The SMILES string of the molecule is CCN(Cc1ccncc1)Cc1ccc(C(=N)N)cc1C. The number of benzene rings is 1. The highest BCUT2D eigenvalue weighted by atomic mass is 15.1. The van der Waals surface area contributed by atoms with Crippen LogP contribution >= 0.6 is 0 Å². The van der Waals surface area contributed by atoms with Gasteiger partial charge in [0.2, 0.25) is 0 Å². The summed E-state index contributed by atoms with van der Waals surface area (Å²) >= 11 is 0. The lowest BCUT2D eigenvalue weighted by Gasteiger charge is -2.22. The molecule has 21 heavy (non-hydrogen) atoms. The Morgan fingerprint density at radius 2 is 1.90 bits per heavy atom. The van der Waals surface area contributed by atoms with Gasteiger partial charge in [0.1, 0.15) is 5.84 Å². The number of hydrogen-bond donors (Lipinski definition) is 2. The van der Waals surface area contributed by atoms with E-state index in [9.17, 15) is 0 Å². The quantitative estimate of drug-likeness (QED) is 0.632. The molecule has 0 saturated heterocycles. The van der Waals surface area contributed by atoms with E-state index in [2.05, 4.69) is 29.8 Å². The molecule has 0 amide bonds. The van der Waals surface area contributed by atoms with E-state index in [1.807, 2.05) is 36.7 Å². The first kappa shape index (κ1) is 15.2. The van der Waals surface area contributed by atoms with Crippen molar-refractivity contribution in [3.05, 3.63) is 65.0 Å². The van der Waals surface area contributed by atoms with E-state index >= 15 is 0 Å². The van der Waals surface area contributed by atoms with Gasteiger partial charge in [-0.15, -0.1) is 0 Å². The number of nitrogen functional groups attached to an aromatic ring is 1. The Morgan fingerprint density at radius 3 is 2.48 bits per heavy atom. The van der Waals surface area contributed by atoms with Crippen molar-refractivity contribution in [1.82, 2.24) is 9.88 Å². The summed E-state index contributed by atoms with van der Waals surface area (Å²) in [5.41, 5.74) is 10.0. The molecule has 0 spiro atoms. The van der Waals surface area contributed by atoms with Gasteiger partial charge in [0.05, 0.1) is 0 Å². The number of amidine groups is 1. The Morgan fingerprint density at radius 1 is 1.19 bits per heavy atom. The average Bonchev–Trinajstić information content (AvgIpc) is 2.49. The van der Waals surface area contributed by atoms with Crippen molar-refractivity contribution in [2.24, 2.45) is 5.73 Å². The average molecular weight is 282 g/mol. The fraction of sp³-hybridized carbons (Fsp3) is 0.294. The molecule has 0 unspecified atom stereocenters. The van der Waals surface area contributed by atoms with Gasteiger partial charge in [0.15, 0.2) is 0 Å². The highest BCUT2D eigenvalue weighted by molar-refractivity contribution is 5.95. The molecule has 0 fully saturated rings. The third-order valence-corrected chi connectivity index (χ3v) is 3.65. The van der Waals surface area contributed by atoms with Crippen LogP contribution in [0.3, 0.4) is 0 Å². The molecule has 2 aromatic rings. The Balaban J connectivity index is 2.10. The fourth-order valence-corrected chi connectivity index (χ4v) is 2.31. The van der Waals surface area contributed by atoms with Crippen LogP contribution in [-0.4, -0.2) is 22.3 Å². The van der Waals surface area contributed by atoms with Crippen LogP contribution in [0.25, 0.3) is 0 Å². The summed E-state index contributed by atoms with van der Waals surface area (Å²) in [6.45, 7) is 7.02. The van der Waals surface area contributed by atoms with E-state index in [0.717, 1.165) is 25.2 Å². The molecule has 0 aliphatic carbocycles. The highest BCUT2D eigenvalue weighted by Crippen LogP contribution is 2.15. The van der Waals surface area contributed by atoms with Crippen molar-refractivity contribution in [3.63, 3.8) is 0 Å². The van der Waals surface area contributed by atoms with Crippen LogP contribution in [0.2, 0.25) is 0 Å².